The number of urea groups is 1. The zero-order valence-electron chi connectivity index (χ0n) is 11.7. The van der Waals surface area contributed by atoms with Crippen LogP contribution in [0.15, 0.2) is 24.3 Å². The number of carboxylic acid groups (broad SMARTS) is 1. The second kappa shape index (κ2) is 6.41. The van der Waals surface area contributed by atoms with Crippen LogP contribution in [0.1, 0.15) is 36.5 Å². The molecule has 1 N–H and O–H groups in total. The molecular formula is C15H20N2O3. The van der Waals surface area contributed by atoms with Gasteiger partial charge < -0.3 is 10.0 Å². The molecule has 0 aromatic heterocycles. The van der Waals surface area contributed by atoms with Crippen LogP contribution in [0.3, 0.4) is 0 Å². The quantitative estimate of drug-likeness (QED) is 0.899. The van der Waals surface area contributed by atoms with Gasteiger partial charge >= 0.3 is 12.0 Å². The Morgan fingerprint density at radius 3 is 2.55 bits per heavy atom. The van der Waals surface area contributed by atoms with E-state index in [4.69, 9.17) is 5.11 Å². The summed E-state index contributed by atoms with van der Waals surface area (Å²) in [5.41, 5.74) is 1.00. The van der Waals surface area contributed by atoms with Gasteiger partial charge in [-0.1, -0.05) is 13.3 Å². The second-order valence-corrected chi connectivity index (χ2v) is 4.98. The Bertz CT molecular complexity index is 484. The molecule has 5 heteroatoms. The number of benzene rings is 1. The van der Waals surface area contributed by atoms with E-state index >= 15 is 0 Å². The van der Waals surface area contributed by atoms with Crippen LogP contribution in [0.5, 0.6) is 0 Å². The first-order chi connectivity index (χ1) is 9.63. The average Bonchev–Trinajstić information content (AvgIpc) is 2.46. The molecule has 20 heavy (non-hydrogen) atoms. The first-order valence-corrected chi connectivity index (χ1v) is 7.03. The van der Waals surface area contributed by atoms with Crippen LogP contribution in [-0.2, 0) is 0 Å². The fourth-order valence-corrected chi connectivity index (χ4v) is 2.36. The zero-order chi connectivity index (χ0) is 14.5. The molecule has 1 aromatic rings. The minimum Gasteiger partial charge on any atom is -0.478 e. The molecule has 108 valence electrons. The zero-order valence-corrected chi connectivity index (χ0v) is 11.7. The number of aromatic carboxylic acids is 1. The average molecular weight is 276 g/mol. The molecule has 0 spiro atoms. The van der Waals surface area contributed by atoms with E-state index in [0.29, 0.717) is 6.54 Å². The van der Waals surface area contributed by atoms with Crippen molar-refractivity contribution in [3.8, 4) is 0 Å². The van der Waals surface area contributed by atoms with Gasteiger partial charge in [0.25, 0.3) is 0 Å². The smallest absolute Gasteiger partial charge is 0.335 e. The Labute approximate surface area is 118 Å². The fourth-order valence-electron chi connectivity index (χ4n) is 2.36. The number of rotatable bonds is 5. The van der Waals surface area contributed by atoms with E-state index in [-0.39, 0.29) is 11.6 Å². The summed E-state index contributed by atoms with van der Waals surface area (Å²) < 4.78 is 0. The Morgan fingerprint density at radius 2 is 1.95 bits per heavy atom. The maximum atomic E-state index is 12.4. The van der Waals surface area contributed by atoms with E-state index < -0.39 is 5.97 Å². The normalized spacial score (nSPS) is 15.6. The van der Waals surface area contributed by atoms with Crippen molar-refractivity contribution in [2.45, 2.75) is 26.2 Å². The first-order valence-electron chi connectivity index (χ1n) is 7.03. The number of nitrogens with zero attached hydrogens (tertiary/aromatic N) is 2. The SMILES string of the molecule is CCCCN1CCCN(c2ccc(C(=O)O)cc2)C1=O. The van der Waals surface area contributed by atoms with Crippen LogP contribution < -0.4 is 4.90 Å². The molecule has 0 radical (unpaired) electrons. The van der Waals surface area contributed by atoms with E-state index in [2.05, 4.69) is 6.92 Å². The molecule has 0 unspecified atom stereocenters. The monoisotopic (exact) mass is 276 g/mol. The van der Waals surface area contributed by atoms with Gasteiger partial charge in [0.15, 0.2) is 0 Å². The minimum absolute atomic E-state index is 0.0211. The highest BCUT2D eigenvalue weighted by Crippen LogP contribution is 2.21. The fraction of sp³-hybridized carbons (Fsp3) is 0.467. The van der Waals surface area contributed by atoms with Crippen molar-refractivity contribution in [1.29, 1.82) is 0 Å². The Morgan fingerprint density at radius 1 is 1.25 bits per heavy atom. The number of hydrogen-bond acceptors (Lipinski definition) is 2. The number of amides is 2. The number of carboxylic acids is 1. The summed E-state index contributed by atoms with van der Waals surface area (Å²) in [5, 5.41) is 8.89. The van der Waals surface area contributed by atoms with E-state index in [1.54, 1.807) is 17.0 Å². The van der Waals surface area contributed by atoms with E-state index in [1.807, 2.05) is 4.90 Å². The highest BCUT2D eigenvalue weighted by atomic mass is 16.4. The summed E-state index contributed by atoms with van der Waals surface area (Å²) in [6, 6.07) is 6.49. The van der Waals surface area contributed by atoms with E-state index in [0.717, 1.165) is 38.0 Å². The molecular weight excluding hydrogens is 256 g/mol. The van der Waals surface area contributed by atoms with Crippen LogP contribution >= 0.6 is 0 Å². The lowest BCUT2D eigenvalue weighted by Crippen LogP contribution is -2.49. The molecule has 1 heterocycles. The lowest BCUT2D eigenvalue weighted by molar-refractivity contribution is 0.0697. The van der Waals surface area contributed by atoms with Crippen LogP contribution in [-0.4, -0.2) is 41.6 Å². The largest absolute Gasteiger partial charge is 0.478 e. The second-order valence-electron chi connectivity index (χ2n) is 4.98. The molecule has 0 aliphatic carbocycles. The third-order valence-corrected chi connectivity index (χ3v) is 3.52. The minimum atomic E-state index is -0.953. The lowest BCUT2D eigenvalue weighted by Gasteiger charge is -2.35. The molecule has 1 fully saturated rings. The molecule has 1 saturated heterocycles. The van der Waals surface area contributed by atoms with Gasteiger partial charge in [-0.25, -0.2) is 9.59 Å². The van der Waals surface area contributed by atoms with Crippen LogP contribution in [0.2, 0.25) is 0 Å². The molecule has 1 aliphatic heterocycles. The Hall–Kier alpha value is -2.04. The highest BCUT2D eigenvalue weighted by Gasteiger charge is 2.26. The van der Waals surface area contributed by atoms with Crippen molar-refractivity contribution in [1.82, 2.24) is 4.90 Å². The van der Waals surface area contributed by atoms with Gasteiger partial charge in [0.1, 0.15) is 0 Å². The molecule has 1 aliphatic rings. The van der Waals surface area contributed by atoms with Gasteiger partial charge in [-0.3, -0.25) is 4.90 Å². The van der Waals surface area contributed by atoms with Crippen molar-refractivity contribution in [3.05, 3.63) is 29.8 Å². The number of carbonyl (C=O) groups is 2. The Kier molecular flexibility index (Phi) is 4.61. The molecule has 5 nitrogen and oxygen atoms in total. The Balaban J connectivity index is 2.10. The van der Waals surface area contributed by atoms with Gasteiger partial charge in [0, 0.05) is 25.3 Å². The summed E-state index contributed by atoms with van der Waals surface area (Å²) in [6.45, 7) is 4.40. The topological polar surface area (TPSA) is 60.9 Å². The van der Waals surface area contributed by atoms with Crippen molar-refractivity contribution in [3.63, 3.8) is 0 Å². The summed E-state index contributed by atoms with van der Waals surface area (Å²) >= 11 is 0. The number of unbranched alkanes of at least 4 members (excludes halogenated alkanes) is 1. The lowest BCUT2D eigenvalue weighted by atomic mass is 10.1. The first kappa shape index (κ1) is 14.4. The van der Waals surface area contributed by atoms with Crippen molar-refractivity contribution < 1.29 is 14.7 Å². The number of anilines is 1. The molecule has 0 bridgehead atoms. The van der Waals surface area contributed by atoms with E-state index in [1.165, 1.54) is 12.1 Å². The van der Waals surface area contributed by atoms with Crippen LogP contribution in [0, 0.1) is 0 Å². The van der Waals surface area contributed by atoms with Gasteiger partial charge in [-0.2, -0.15) is 0 Å². The maximum Gasteiger partial charge on any atom is 0.335 e. The third-order valence-electron chi connectivity index (χ3n) is 3.52. The van der Waals surface area contributed by atoms with Crippen molar-refractivity contribution in [2.24, 2.45) is 0 Å². The predicted molar refractivity (Wildman–Crippen MR) is 77.2 cm³/mol. The van der Waals surface area contributed by atoms with Crippen molar-refractivity contribution >= 4 is 17.7 Å². The predicted octanol–water partition coefficient (Wildman–Crippen LogP) is 2.82. The third kappa shape index (κ3) is 3.10. The molecule has 0 saturated carbocycles. The molecule has 2 rings (SSSR count). The van der Waals surface area contributed by atoms with Crippen molar-refractivity contribution in [2.75, 3.05) is 24.5 Å². The number of carbonyl (C=O) groups excluding carboxylic acids is 1. The number of hydrogen-bond donors (Lipinski definition) is 1. The summed E-state index contributed by atoms with van der Waals surface area (Å²) in [7, 11) is 0. The van der Waals surface area contributed by atoms with Gasteiger partial charge in [0.05, 0.1) is 5.56 Å². The van der Waals surface area contributed by atoms with Gasteiger partial charge in [-0.05, 0) is 37.1 Å². The summed E-state index contributed by atoms with van der Waals surface area (Å²) in [6.07, 6.45) is 3.02. The summed E-state index contributed by atoms with van der Waals surface area (Å²) in [5.74, 6) is -0.953. The molecule has 0 atom stereocenters. The molecule has 2 amide bonds. The van der Waals surface area contributed by atoms with Gasteiger partial charge in [0.2, 0.25) is 0 Å². The molecule has 1 aromatic carbocycles. The van der Waals surface area contributed by atoms with Crippen LogP contribution in [0.25, 0.3) is 0 Å². The van der Waals surface area contributed by atoms with Crippen LogP contribution in [0.4, 0.5) is 10.5 Å². The highest BCUT2D eigenvalue weighted by molar-refractivity contribution is 5.94. The summed E-state index contributed by atoms with van der Waals surface area (Å²) in [4.78, 5) is 26.8. The van der Waals surface area contributed by atoms with Gasteiger partial charge in [-0.15, -0.1) is 0 Å². The standard InChI is InChI=1S/C15H20N2O3/c1-2-3-9-16-10-4-11-17(15(16)20)13-7-5-12(6-8-13)14(18)19/h5-8H,2-4,9-11H2,1H3,(H,18,19). The van der Waals surface area contributed by atoms with E-state index in [9.17, 15) is 9.59 Å². The maximum absolute atomic E-state index is 12.4.